The average Bonchev–Trinajstić information content (AvgIpc) is 2.65. The van der Waals surface area contributed by atoms with E-state index < -0.39 is 11.6 Å². The second-order valence-corrected chi connectivity index (χ2v) is 7.28. The molecule has 5 N–H and O–H groups in total. The van der Waals surface area contributed by atoms with Crippen LogP contribution in [0.25, 0.3) is 0 Å². The molecule has 148 valence electrons. The predicted molar refractivity (Wildman–Crippen MR) is 105 cm³/mol. The van der Waals surface area contributed by atoms with Gasteiger partial charge in [0, 0.05) is 18.2 Å². The monoisotopic (exact) mass is 415 g/mol. The van der Waals surface area contributed by atoms with Gasteiger partial charge in [-0.2, -0.15) is 0 Å². The molecule has 0 aliphatic heterocycles. The summed E-state index contributed by atoms with van der Waals surface area (Å²) in [6.07, 6.45) is -0.758. The molecule has 8 nitrogen and oxygen atoms in total. The molecular weight excluding hydrogens is 393 g/mol. The van der Waals surface area contributed by atoms with Crippen LogP contribution in [0, 0.1) is 0 Å². The van der Waals surface area contributed by atoms with Gasteiger partial charge in [-0.1, -0.05) is 29.3 Å². The van der Waals surface area contributed by atoms with Crippen molar-refractivity contribution in [1.29, 1.82) is 0 Å². The van der Waals surface area contributed by atoms with Crippen LogP contribution in [0.15, 0.2) is 30.3 Å². The molecular formula is C17H23Cl2N5O3. The third-order valence-electron chi connectivity index (χ3n) is 3.52. The quantitative estimate of drug-likeness (QED) is 0.345. The summed E-state index contributed by atoms with van der Waals surface area (Å²) in [4.78, 5) is 0. The molecule has 0 fully saturated rings. The van der Waals surface area contributed by atoms with Gasteiger partial charge in [0.05, 0.1) is 10.0 Å². The molecule has 0 bridgehead atoms. The van der Waals surface area contributed by atoms with Gasteiger partial charge in [0.25, 0.3) is 0 Å². The van der Waals surface area contributed by atoms with E-state index in [9.17, 15) is 5.11 Å². The minimum atomic E-state index is -0.758. The summed E-state index contributed by atoms with van der Waals surface area (Å²) >= 11 is 12.1. The summed E-state index contributed by atoms with van der Waals surface area (Å²) in [6.45, 7) is 4.54. The van der Waals surface area contributed by atoms with E-state index in [-0.39, 0.29) is 6.61 Å². The highest BCUT2D eigenvalue weighted by molar-refractivity contribution is 6.37. The summed E-state index contributed by atoms with van der Waals surface area (Å²) < 4.78 is 11.1. The first-order chi connectivity index (χ1) is 12.8. The number of rotatable bonds is 10. The molecule has 0 spiro atoms. The van der Waals surface area contributed by atoms with Crippen molar-refractivity contribution in [3.63, 3.8) is 0 Å². The Morgan fingerprint density at radius 2 is 1.85 bits per heavy atom. The number of aromatic nitrogens is 2. The summed E-state index contributed by atoms with van der Waals surface area (Å²) in [6, 6.07) is 8.39. The van der Waals surface area contributed by atoms with Crippen molar-refractivity contribution >= 4 is 29.0 Å². The number of halogens is 2. The summed E-state index contributed by atoms with van der Waals surface area (Å²) in [5, 5.41) is 21.9. The lowest BCUT2D eigenvalue weighted by molar-refractivity contribution is 0.0924. The highest BCUT2D eigenvalue weighted by Gasteiger charge is 2.20. The third kappa shape index (κ3) is 7.00. The fraction of sp³-hybridized carbons (Fsp3) is 0.412. The van der Waals surface area contributed by atoms with E-state index in [1.165, 1.54) is 0 Å². The molecule has 10 heteroatoms. The van der Waals surface area contributed by atoms with Gasteiger partial charge in [0.15, 0.2) is 11.6 Å². The van der Waals surface area contributed by atoms with Gasteiger partial charge in [-0.25, -0.2) is 5.84 Å². The summed E-state index contributed by atoms with van der Waals surface area (Å²) in [5.74, 6) is 6.42. The molecule has 0 amide bonds. The first-order valence-electron chi connectivity index (χ1n) is 8.24. The van der Waals surface area contributed by atoms with E-state index in [0.29, 0.717) is 40.6 Å². The zero-order valence-corrected chi connectivity index (χ0v) is 16.6. The Kier molecular flexibility index (Phi) is 7.88. The lowest BCUT2D eigenvalue weighted by Crippen LogP contribution is -2.48. The maximum absolute atomic E-state index is 10.1. The molecule has 0 aliphatic carbocycles. The van der Waals surface area contributed by atoms with Crippen LogP contribution in [0.3, 0.4) is 0 Å². The predicted octanol–water partition coefficient (Wildman–Crippen LogP) is 2.26. The molecule has 0 saturated carbocycles. The van der Waals surface area contributed by atoms with Crippen LogP contribution in [0.2, 0.25) is 10.0 Å². The molecule has 1 atom stereocenters. The summed E-state index contributed by atoms with van der Waals surface area (Å²) in [7, 11) is 0. The highest BCUT2D eigenvalue weighted by Crippen LogP contribution is 2.32. The number of nitrogen functional groups attached to an aromatic ring is 1. The van der Waals surface area contributed by atoms with Gasteiger partial charge in [0.1, 0.15) is 19.3 Å². The Morgan fingerprint density at radius 3 is 2.44 bits per heavy atom. The minimum Gasteiger partial charge on any atom is -0.488 e. The molecule has 1 aromatic heterocycles. The standard InChI is InChI=1S/C17H23Cl2N5O3/c1-17(2,10-27-15-7-6-14(22-20)23-24-15)21-8-11(25)9-26-16-12(18)4-3-5-13(16)19/h3-7,11,21,25H,8-10,20H2,1-2H3,(H,22,23). The van der Waals surface area contributed by atoms with Crippen LogP contribution in [0.5, 0.6) is 11.6 Å². The zero-order valence-electron chi connectivity index (χ0n) is 15.1. The number of para-hydroxylation sites is 1. The third-order valence-corrected chi connectivity index (χ3v) is 4.12. The first kappa shape index (κ1) is 21.5. The molecule has 2 aromatic rings. The van der Waals surface area contributed by atoms with Crippen molar-refractivity contribution in [1.82, 2.24) is 15.5 Å². The number of anilines is 1. The topological polar surface area (TPSA) is 115 Å². The largest absolute Gasteiger partial charge is 0.488 e. The number of hydrogen-bond donors (Lipinski definition) is 4. The van der Waals surface area contributed by atoms with Crippen LogP contribution in [-0.2, 0) is 0 Å². The number of nitrogens with one attached hydrogen (secondary N) is 2. The molecule has 0 radical (unpaired) electrons. The normalized spacial score (nSPS) is 12.5. The Balaban J connectivity index is 1.76. The maximum Gasteiger partial charge on any atom is 0.233 e. The molecule has 1 heterocycles. The zero-order chi connectivity index (χ0) is 19.9. The SMILES string of the molecule is CC(C)(COc1ccc(NN)nn1)NCC(O)COc1c(Cl)cccc1Cl. The van der Waals surface area contributed by atoms with E-state index in [2.05, 4.69) is 20.9 Å². The first-order valence-corrected chi connectivity index (χ1v) is 8.99. The molecule has 0 saturated heterocycles. The fourth-order valence-electron chi connectivity index (χ4n) is 2.03. The highest BCUT2D eigenvalue weighted by atomic mass is 35.5. The number of aliphatic hydroxyl groups excluding tert-OH is 1. The Labute approximate surface area is 167 Å². The lowest BCUT2D eigenvalue weighted by Gasteiger charge is -2.27. The van der Waals surface area contributed by atoms with Gasteiger partial charge >= 0.3 is 0 Å². The van der Waals surface area contributed by atoms with Crippen LogP contribution < -0.4 is 26.1 Å². The molecule has 0 aliphatic rings. The van der Waals surface area contributed by atoms with Gasteiger partial charge in [-0.05, 0) is 32.0 Å². The number of nitrogens with zero attached hydrogens (tertiary/aromatic N) is 2. The molecule has 27 heavy (non-hydrogen) atoms. The lowest BCUT2D eigenvalue weighted by atomic mass is 10.1. The fourth-order valence-corrected chi connectivity index (χ4v) is 2.54. The van der Waals surface area contributed by atoms with Crippen LogP contribution in [-0.4, -0.2) is 46.7 Å². The second-order valence-electron chi connectivity index (χ2n) is 6.47. The van der Waals surface area contributed by atoms with E-state index in [0.717, 1.165) is 0 Å². The molecule has 1 aromatic carbocycles. The van der Waals surface area contributed by atoms with Gasteiger partial charge in [0.2, 0.25) is 5.88 Å². The van der Waals surface area contributed by atoms with E-state index >= 15 is 0 Å². The van der Waals surface area contributed by atoms with Crippen molar-refractivity contribution in [2.75, 3.05) is 25.2 Å². The maximum atomic E-state index is 10.1. The van der Waals surface area contributed by atoms with Crippen molar-refractivity contribution in [2.45, 2.75) is 25.5 Å². The summed E-state index contributed by atoms with van der Waals surface area (Å²) in [5.41, 5.74) is 1.97. The number of benzene rings is 1. The number of ether oxygens (including phenoxy) is 2. The van der Waals surface area contributed by atoms with Crippen molar-refractivity contribution in [3.8, 4) is 11.6 Å². The Morgan fingerprint density at radius 1 is 1.15 bits per heavy atom. The Bertz CT molecular complexity index is 711. The van der Waals surface area contributed by atoms with Crippen LogP contribution in [0.1, 0.15) is 13.8 Å². The van der Waals surface area contributed by atoms with Gasteiger partial charge in [-0.3, -0.25) is 0 Å². The van der Waals surface area contributed by atoms with Crippen LogP contribution >= 0.6 is 23.2 Å². The van der Waals surface area contributed by atoms with Crippen molar-refractivity contribution < 1.29 is 14.6 Å². The van der Waals surface area contributed by atoms with E-state index in [4.69, 9.17) is 38.5 Å². The number of β-amino-alcohol motifs (C(OH)–C–C–N with tert-alkyl or cyclic N) is 1. The molecule has 1 unspecified atom stereocenters. The van der Waals surface area contributed by atoms with Gasteiger partial charge in [-0.15, -0.1) is 10.2 Å². The number of hydrazine groups is 1. The number of hydrogen-bond acceptors (Lipinski definition) is 8. The van der Waals surface area contributed by atoms with Crippen molar-refractivity contribution in [2.24, 2.45) is 5.84 Å². The smallest absolute Gasteiger partial charge is 0.233 e. The van der Waals surface area contributed by atoms with Crippen LogP contribution in [0.4, 0.5) is 5.82 Å². The van der Waals surface area contributed by atoms with E-state index in [1.807, 2.05) is 13.8 Å². The number of aliphatic hydroxyl groups is 1. The molecule has 2 rings (SSSR count). The average molecular weight is 416 g/mol. The minimum absolute atomic E-state index is 0.0480. The number of nitrogens with two attached hydrogens (primary N) is 1. The van der Waals surface area contributed by atoms with Crippen molar-refractivity contribution in [3.05, 3.63) is 40.4 Å². The Hall–Kier alpha value is -1.84. The van der Waals surface area contributed by atoms with Gasteiger partial charge < -0.3 is 25.3 Å². The second kappa shape index (κ2) is 9.91. The van der Waals surface area contributed by atoms with E-state index in [1.54, 1.807) is 30.3 Å².